The summed E-state index contributed by atoms with van der Waals surface area (Å²) in [5.41, 5.74) is 4.15. The Labute approximate surface area is 268 Å². The summed E-state index contributed by atoms with van der Waals surface area (Å²) in [6.45, 7) is 13.1. The van der Waals surface area contributed by atoms with Crippen LogP contribution in [0, 0.1) is 18.3 Å². The largest absolute Gasteiger partial charge is 0.361 e. The molecule has 0 bridgehead atoms. The zero-order valence-corrected chi connectivity index (χ0v) is 29.3. The molecule has 11 heteroatoms. The van der Waals surface area contributed by atoms with Gasteiger partial charge >= 0.3 is 0 Å². The van der Waals surface area contributed by atoms with Gasteiger partial charge in [0.2, 0.25) is 15.8 Å². The molecule has 1 aliphatic carbocycles. The standard InChI is InChI=1S/C33H37BrN4O4SSi/c1-7-23-16-25(34)19-33(3,18-23)43(40,41)38-13-12-26-27(10-8-22(2)30(26)38)31(39)32-36-28-17-24(20-35)9-11-29(28)37(32)21-42-14-15-44(4,5)6/h8-13,16-18H,7,14-15,19,21H2,1-6H3. The van der Waals surface area contributed by atoms with Gasteiger partial charge in [-0.1, -0.05) is 54.6 Å². The number of imidazole rings is 1. The number of hydrogen-bond acceptors (Lipinski definition) is 6. The van der Waals surface area contributed by atoms with Crippen molar-refractivity contribution < 1.29 is 17.9 Å². The number of allylic oxidation sites excluding steroid dienone is 3. The minimum atomic E-state index is -3.92. The van der Waals surface area contributed by atoms with E-state index in [1.54, 1.807) is 54.1 Å². The van der Waals surface area contributed by atoms with Crippen molar-refractivity contribution >= 4 is 61.7 Å². The van der Waals surface area contributed by atoms with E-state index < -0.39 is 22.8 Å². The molecule has 2 heterocycles. The lowest BCUT2D eigenvalue weighted by atomic mass is 9.96. The monoisotopic (exact) mass is 692 g/mol. The van der Waals surface area contributed by atoms with Gasteiger partial charge in [0.05, 0.1) is 28.2 Å². The third kappa shape index (κ3) is 5.88. The Hall–Kier alpha value is -3.30. The van der Waals surface area contributed by atoms with E-state index in [1.807, 2.05) is 26.0 Å². The molecule has 0 aliphatic heterocycles. The van der Waals surface area contributed by atoms with Crippen LogP contribution in [-0.4, -0.2) is 47.2 Å². The second-order valence-corrected chi connectivity index (χ2v) is 21.7. The maximum absolute atomic E-state index is 14.3. The fourth-order valence-corrected chi connectivity index (χ4v) is 9.23. The molecule has 230 valence electrons. The van der Waals surface area contributed by atoms with E-state index in [2.05, 4.69) is 46.6 Å². The zero-order valence-electron chi connectivity index (χ0n) is 25.9. The van der Waals surface area contributed by atoms with Gasteiger partial charge in [-0.15, -0.1) is 0 Å². The number of nitriles is 1. The Morgan fingerprint density at radius 3 is 2.64 bits per heavy atom. The molecule has 8 nitrogen and oxygen atoms in total. The number of halogens is 1. The van der Waals surface area contributed by atoms with E-state index in [-0.39, 0.29) is 18.3 Å². The predicted octanol–water partition coefficient (Wildman–Crippen LogP) is 7.67. The van der Waals surface area contributed by atoms with Gasteiger partial charge in [-0.05, 0) is 78.3 Å². The molecule has 0 amide bonds. The van der Waals surface area contributed by atoms with E-state index in [0.717, 1.165) is 21.7 Å². The van der Waals surface area contributed by atoms with Crippen LogP contribution in [0.2, 0.25) is 25.7 Å². The van der Waals surface area contributed by atoms with Crippen molar-refractivity contribution in [1.82, 2.24) is 13.5 Å². The van der Waals surface area contributed by atoms with E-state index in [1.165, 1.54) is 3.97 Å². The minimum Gasteiger partial charge on any atom is -0.361 e. The first kappa shape index (κ1) is 32.1. The average Bonchev–Trinajstić information content (AvgIpc) is 3.57. The van der Waals surface area contributed by atoms with Crippen molar-refractivity contribution in [2.45, 2.75) is 70.8 Å². The molecule has 0 fully saturated rings. The second-order valence-electron chi connectivity index (χ2n) is 12.8. The number of benzene rings is 2. The Kier molecular flexibility index (Phi) is 8.68. The van der Waals surface area contributed by atoms with Crippen LogP contribution in [0.5, 0.6) is 0 Å². The number of carbonyl (C=O) groups is 1. The number of aryl methyl sites for hydroxylation is 1. The SMILES string of the molecule is CCC1=CC(C)(S(=O)(=O)n2ccc3c(C(=O)c4nc5cc(C#N)ccc5n4COCC[Si](C)(C)C)ccc(C)c32)CC(Br)=C1. The molecule has 44 heavy (non-hydrogen) atoms. The van der Waals surface area contributed by atoms with E-state index >= 15 is 0 Å². The molecule has 0 N–H and O–H groups in total. The van der Waals surface area contributed by atoms with Crippen LogP contribution >= 0.6 is 15.9 Å². The summed E-state index contributed by atoms with van der Waals surface area (Å²) in [5, 5.41) is 9.98. The van der Waals surface area contributed by atoms with Crippen molar-refractivity contribution in [2.75, 3.05) is 6.61 Å². The van der Waals surface area contributed by atoms with Gasteiger partial charge < -0.3 is 4.74 Å². The van der Waals surface area contributed by atoms with Crippen LogP contribution in [0.25, 0.3) is 21.9 Å². The van der Waals surface area contributed by atoms with Crippen molar-refractivity contribution in [3.63, 3.8) is 0 Å². The Morgan fingerprint density at radius 2 is 1.95 bits per heavy atom. The minimum absolute atomic E-state index is 0.130. The topological polar surface area (TPSA) is 107 Å². The molecule has 2 aromatic carbocycles. The fourth-order valence-electron chi connectivity index (χ4n) is 5.62. The molecule has 1 unspecified atom stereocenters. The van der Waals surface area contributed by atoms with Crippen LogP contribution in [0.3, 0.4) is 0 Å². The first-order chi connectivity index (χ1) is 20.7. The van der Waals surface area contributed by atoms with E-state index in [4.69, 9.17) is 4.74 Å². The molecule has 0 spiro atoms. The highest BCUT2D eigenvalue weighted by Crippen LogP contribution is 2.39. The first-order valence-corrected chi connectivity index (χ1v) is 20.6. The van der Waals surface area contributed by atoms with Crippen LogP contribution in [0.15, 0.2) is 64.8 Å². The number of ketones is 1. The third-order valence-corrected chi connectivity index (χ3v) is 12.6. The Morgan fingerprint density at radius 1 is 1.20 bits per heavy atom. The summed E-state index contributed by atoms with van der Waals surface area (Å²) in [4.78, 5) is 18.9. The number of nitrogens with zero attached hydrogens (tertiary/aromatic N) is 4. The predicted molar refractivity (Wildman–Crippen MR) is 181 cm³/mol. The molecule has 4 aromatic rings. The number of carbonyl (C=O) groups excluding carboxylic acids is 1. The lowest BCUT2D eigenvalue weighted by Gasteiger charge is -2.30. The van der Waals surface area contributed by atoms with Gasteiger partial charge in [-0.2, -0.15) is 5.26 Å². The van der Waals surface area contributed by atoms with E-state index in [0.29, 0.717) is 52.5 Å². The fraction of sp³-hybridized carbons (Fsp3) is 0.364. The highest BCUT2D eigenvalue weighted by molar-refractivity contribution is 9.11. The van der Waals surface area contributed by atoms with Gasteiger partial charge in [0.25, 0.3) is 0 Å². The molecule has 0 radical (unpaired) electrons. The number of rotatable bonds is 10. The molecule has 0 saturated heterocycles. The molecule has 2 aromatic heterocycles. The van der Waals surface area contributed by atoms with Crippen LogP contribution in [-0.2, 0) is 21.5 Å². The average molecular weight is 694 g/mol. The van der Waals surface area contributed by atoms with Gasteiger partial charge in [0.1, 0.15) is 11.5 Å². The van der Waals surface area contributed by atoms with Crippen molar-refractivity contribution in [1.29, 1.82) is 5.26 Å². The normalized spacial score (nSPS) is 17.5. The number of aromatic nitrogens is 3. The number of ether oxygens (including phenoxy) is 1. The molecule has 1 aliphatic rings. The highest BCUT2D eigenvalue weighted by Gasteiger charge is 2.41. The van der Waals surface area contributed by atoms with Crippen LogP contribution in [0.4, 0.5) is 0 Å². The molecule has 5 rings (SSSR count). The van der Waals surface area contributed by atoms with E-state index in [9.17, 15) is 18.5 Å². The van der Waals surface area contributed by atoms with Crippen molar-refractivity contribution in [3.8, 4) is 6.07 Å². The second kappa shape index (κ2) is 11.9. The van der Waals surface area contributed by atoms with Gasteiger partial charge in [-0.25, -0.2) is 17.4 Å². The summed E-state index contributed by atoms with van der Waals surface area (Å²) in [6.07, 6.45) is 6.38. The van der Waals surface area contributed by atoms with Gasteiger partial charge in [-0.3, -0.25) is 9.36 Å². The number of hydrogen-bond donors (Lipinski definition) is 0. The smallest absolute Gasteiger partial charge is 0.248 e. The zero-order chi connectivity index (χ0) is 32.0. The highest BCUT2D eigenvalue weighted by atomic mass is 79.9. The van der Waals surface area contributed by atoms with Crippen LogP contribution < -0.4 is 0 Å². The summed E-state index contributed by atoms with van der Waals surface area (Å²) in [6, 6.07) is 13.4. The molecule has 1 atom stereocenters. The van der Waals surface area contributed by atoms with Crippen LogP contribution in [0.1, 0.15) is 54.0 Å². The van der Waals surface area contributed by atoms with Gasteiger partial charge in [0, 0.05) is 38.2 Å². The quantitative estimate of drug-likeness (QED) is 0.0959. The summed E-state index contributed by atoms with van der Waals surface area (Å²) < 4.78 is 37.3. The Balaban J connectivity index is 1.61. The van der Waals surface area contributed by atoms with Crippen molar-refractivity contribution in [2.24, 2.45) is 0 Å². The maximum atomic E-state index is 14.3. The number of fused-ring (bicyclic) bond motifs is 2. The van der Waals surface area contributed by atoms with Gasteiger partial charge in [0.15, 0.2) is 5.82 Å². The summed E-state index contributed by atoms with van der Waals surface area (Å²) >= 11 is 3.55. The maximum Gasteiger partial charge on any atom is 0.248 e. The third-order valence-electron chi connectivity index (χ3n) is 8.17. The summed E-state index contributed by atoms with van der Waals surface area (Å²) in [7, 11) is -5.25. The first-order valence-electron chi connectivity index (χ1n) is 14.7. The summed E-state index contributed by atoms with van der Waals surface area (Å²) in [5.74, 6) is -0.177. The Bertz CT molecular complexity index is 2010. The lowest BCUT2D eigenvalue weighted by molar-refractivity contribution is 0.0835. The van der Waals surface area contributed by atoms with Crippen molar-refractivity contribution in [3.05, 3.63) is 87.3 Å². The molecular formula is C33H37BrN4O4SSi. The molecule has 0 saturated carbocycles. The molecular weight excluding hydrogens is 656 g/mol. The lowest BCUT2D eigenvalue weighted by Crippen LogP contribution is -2.39.